The van der Waals surface area contributed by atoms with Crippen molar-refractivity contribution >= 4 is 22.8 Å². The van der Waals surface area contributed by atoms with Crippen LogP contribution in [0.1, 0.15) is 0 Å². The number of urea groups is 1. The van der Waals surface area contributed by atoms with Crippen LogP contribution in [0.3, 0.4) is 0 Å². The first-order valence-electron chi connectivity index (χ1n) is 7.02. The average molecular weight is 315 g/mol. The summed E-state index contributed by atoms with van der Waals surface area (Å²) in [4.78, 5) is 23.5. The highest BCUT2D eigenvalue weighted by Gasteiger charge is 2.08. The molecule has 0 bridgehead atoms. The van der Waals surface area contributed by atoms with Gasteiger partial charge in [-0.3, -0.25) is 4.57 Å². The SMILES string of the molecule is O=C(NCCn1c(=O)oc2ccccc21)Nc1cccc(F)c1. The lowest BCUT2D eigenvalue weighted by molar-refractivity contribution is 0.251. The molecule has 6 nitrogen and oxygen atoms in total. The number of carbonyl (C=O) groups is 1. The van der Waals surface area contributed by atoms with Crippen molar-refractivity contribution in [3.8, 4) is 0 Å². The van der Waals surface area contributed by atoms with Gasteiger partial charge in [-0.1, -0.05) is 18.2 Å². The molecule has 0 atom stereocenters. The maximum Gasteiger partial charge on any atom is 0.420 e. The Balaban J connectivity index is 1.59. The number of oxazole rings is 1. The van der Waals surface area contributed by atoms with Crippen molar-refractivity contribution in [3.05, 3.63) is 64.9 Å². The zero-order valence-electron chi connectivity index (χ0n) is 12.1. The number of benzene rings is 2. The van der Waals surface area contributed by atoms with E-state index in [1.165, 1.54) is 22.8 Å². The molecule has 2 N–H and O–H groups in total. The standard InChI is InChI=1S/C16H14FN3O3/c17-11-4-3-5-12(10-11)19-15(21)18-8-9-20-13-6-1-2-7-14(13)23-16(20)22/h1-7,10H,8-9H2,(H2,18,19,21). The molecule has 0 unspecified atom stereocenters. The Labute approximate surface area is 130 Å². The summed E-state index contributed by atoms with van der Waals surface area (Å²) < 4.78 is 19.6. The van der Waals surface area contributed by atoms with Gasteiger partial charge in [0.25, 0.3) is 0 Å². The molecule has 0 aliphatic heterocycles. The molecule has 1 heterocycles. The number of halogens is 1. The molecule has 2 aromatic carbocycles. The lowest BCUT2D eigenvalue weighted by atomic mass is 10.3. The molecule has 0 saturated carbocycles. The van der Waals surface area contributed by atoms with Crippen LogP contribution in [0.25, 0.3) is 11.1 Å². The van der Waals surface area contributed by atoms with E-state index in [1.807, 2.05) is 0 Å². The van der Waals surface area contributed by atoms with Crippen LogP contribution in [0.2, 0.25) is 0 Å². The van der Waals surface area contributed by atoms with Crippen molar-refractivity contribution in [3.63, 3.8) is 0 Å². The van der Waals surface area contributed by atoms with Gasteiger partial charge in [0.05, 0.1) is 5.52 Å². The predicted octanol–water partition coefficient (Wildman–Crippen LogP) is 2.56. The number of aromatic nitrogens is 1. The van der Waals surface area contributed by atoms with E-state index < -0.39 is 17.6 Å². The molecule has 0 radical (unpaired) electrons. The molecule has 0 saturated heterocycles. The van der Waals surface area contributed by atoms with E-state index in [4.69, 9.17) is 4.42 Å². The first kappa shape index (κ1) is 14.8. The van der Waals surface area contributed by atoms with Gasteiger partial charge in [-0.2, -0.15) is 0 Å². The van der Waals surface area contributed by atoms with E-state index >= 15 is 0 Å². The van der Waals surface area contributed by atoms with Crippen LogP contribution in [0.4, 0.5) is 14.9 Å². The Bertz CT molecular complexity index is 901. The number of anilines is 1. The molecular formula is C16H14FN3O3. The van der Waals surface area contributed by atoms with Crippen molar-refractivity contribution in [2.75, 3.05) is 11.9 Å². The second-order valence-electron chi connectivity index (χ2n) is 4.88. The van der Waals surface area contributed by atoms with Gasteiger partial charge in [-0.15, -0.1) is 0 Å². The van der Waals surface area contributed by atoms with Crippen LogP contribution in [0.15, 0.2) is 57.7 Å². The number of para-hydroxylation sites is 2. The van der Waals surface area contributed by atoms with Crippen molar-refractivity contribution in [1.82, 2.24) is 9.88 Å². The van der Waals surface area contributed by atoms with Gasteiger partial charge >= 0.3 is 11.8 Å². The summed E-state index contributed by atoms with van der Waals surface area (Å²) in [6.07, 6.45) is 0. The van der Waals surface area contributed by atoms with Gasteiger partial charge in [-0.25, -0.2) is 14.0 Å². The summed E-state index contributed by atoms with van der Waals surface area (Å²) in [7, 11) is 0. The Hall–Kier alpha value is -3.09. The first-order chi connectivity index (χ1) is 11.1. The van der Waals surface area contributed by atoms with Crippen LogP contribution in [-0.4, -0.2) is 17.1 Å². The van der Waals surface area contributed by atoms with Gasteiger partial charge in [0, 0.05) is 18.8 Å². The summed E-state index contributed by atoms with van der Waals surface area (Å²) in [5.74, 6) is -0.905. The minimum Gasteiger partial charge on any atom is -0.408 e. The van der Waals surface area contributed by atoms with Crippen molar-refractivity contribution in [2.45, 2.75) is 6.54 Å². The average Bonchev–Trinajstić information content (AvgIpc) is 2.83. The molecule has 7 heteroatoms. The summed E-state index contributed by atoms with van der Waals surface area (Å²) in [5, 5.41) is 5.12. The van der Waals surface area contributed by atoms with E-state index in [0.717, 1.165) is 0 Å². The second kappa shape index (κ2) is 6.35. The topological polar surface area (TPSA) is 76.3 Å². The predicted molar refractivity (Wildman–Crippen MR) is 83.9 cm³/mol. The van der Waals surface area contributed by atoms with E-state index in [1.54, 1.807) is 30.3 Å². The first-order valence-corrected chi connectivity index (χ1v) is 7.02. The van der Waals surface area contributed by atoms with Gasteiger partial charge in [0.15, 0.2) is 5.58 Å². The molecule has 0 aliphatic rings. The number of nitrogens with zero attached hydrogens (tertiary/aromatic N) is 1. The number of hydrogen-bond acceptors (Lipinski definition) is 3. The maximum atomic E-state index is 13.0. The Kier molecular flexibility index (Phi) is 4.09. The highest BCUT2D eigenvalue weighted by atomic mass is 19.1. The van der Waals surface area contributed by atoms with Gasteiger partial charge in [-0.05, 0) is 30.3 Å². The Morgan fingerprint density at radius 1 is 1.17 bits per heavy atom. The molecule has 0 aliphatic carbocycles. The van der Waals surface area contributed by atoms with Crippen molar-refractivity contribution in [2.24, 2.45) is 0 Å². The van der Waals surface area contributed by atoms with Crippen molar-refractivity contribution < 1.29 is 13.6 Å². The fourth-order valence-corrected chi connectivity index (χ4v) is 2.25. The van der Waals surface area contributed by atoms with Crippen molar-refractivity contribution in [1.29, 1.82) is 0 Å². The number of carbonyl (C=O) groups excluding carboxylic acids is 1. The van der Waals surface area contributed by atoms with Gasteiger partial charge in [0.1, 0.15) is 5.82 Å². The van der Waals surface area contributed by atoms with Crippen LogP contribution in [0, 0.1) is 5.82 Å². The molecule has 3 rings (SSSR count). The molecule has 118 valence electrons. The Morgan fingerprint density at radius 3 is 2.83 bits per heavy atom. The highest BCUT2D eigenvalue weighted by molar-refractivity contribution is 5.89. The van der Waals surface area contributed by atoms with E-state index in [0.29, 0.717) is 16.8 Å². The minimum absolute atomic E-state index is 0.227. The monoisotopic (exact) mass is 315 g/mol. The Morgan fingerprint density at radius 2 is 2.00 bits per heavy atom. The third-order valence-electron chi connectivity index (χ3n) is 3.28. The largest absolute Gasteiger partial charge is 0.420 e. The zero-order valence-corrected chi connectivity index (χ0v) is 12.1. The molecule has 0 fully saturated rings. The molecule has 0 spiro atoms. The molecule has 3 aromatic rings. The molecule has 23 heavy (non-hydrogen) atoms. The molecule has 2 amide bonds. The van der Waals surface area contributed by atoms with E-state index in [-0.39, 0.29) is 13.1 Å². The number of amides is 2. The van der Waals surface area contributed by atoms with Gasteiger partial charge in [0.2, 0.25) is 0 Å². The van der Waals surface area contributed by atoms with E-state index in [2.05, 4.69) is 10.6 Å². The minimum atomic E-state index is -0.476. The number of hydrogen-bond donors (Lipinski definition) is 2. The lowest BCUT2D eigenvalue weighted by Gasteiger charge is -2.08. The normalized spacial score (nSPS) is 10.7. The highest BCUT2D eigenvalue weighted by Crippen LogP contribution is 2.11. The lowest BCUT2D eigenvalue weighted by Crippen LogP contribution is -2.32. The second-order valence-corrected chi connectivity index (χ2v) is 4.88. The zero-order chi connectivity index (χ0) is 16.2. The maximum absolute atomic E-state index is 13.0. The molecular weight excluding hydrogens is 301 g/mol. The van der Waals surface area contributed by atoms with Gasteiger partial charge < -0.3 is 15.1 Å². The fraction of sp³-hybridized carbons (Fsp3) is 0.125. The number of fused-ring (bicyclic) bond motifs is 1. The fourth-order valence-electron chi connectivity index (χ4n) is 2.25. The number of rotatable bonds is 4. The summed E-state index contributed by atoms with van der Waals surface area (Å²) in [6, 6.07) is 12.2. The summed E-state index contributed by atoms with van der Waals surface area (Å²) in [6.45, 7) is 0.497. The van der Waals surface area contributed by atoms with Crippen LogP contribution in [0.5, 0.6) is 0 Å². The summed E-state index contributed by atoms with van der Waals surface area (Å²) in [5.41, 5.74) is 1.53. The van der Waals surface area contributed by atoms with Crippen LogP contribution < -0.4 is 16.4 Å². The van der Waals surface area contributed by atoms with E-state index in [9.17, 15) is 14.0 Å². The van der Waals surface area contributed by atoms with Crippen LogP contribution >= 0.6 is 0 Å². The summed E-state index contributed by atoms with van der Waals surface area (Å²) >= 11 is 0. The third-order valence-corrected chi connectivity index (χ3v) is 3.28. The van der Waals surface area contributed by atoms with Crippen LogP contribution in [-0.2, 0) is 6.54 Å². The quantitative estimate of drug-likeness (QED) is 0.777. The third kappa shape index (κ3) is 3.39. The molecule has 1 aromatic heterocycles. The number of nitrogens with one attached hydrogen (secondary N) is 2. The smallest absolute Gasteiger partial charge is 0.408 e.